The third-order valence-corrected chi connectivity index (χ3v) is 4.60. The van der Waals surface area contributed by atoms with Crippen LogP contribution in [0.1, 0.15) is 37.7 Å². The van der Waals surface area contributed by atoms with Gasteiger partial charge in [-0.05, 0) is 30.5 Å². The lowest BCUT2D eigenvalue weighted by Gasteiger charge is -2.20. The Morgan fingerprint density at radius 1 is 1.20 bits per heavy atom. The van der Waals surface area contributed by atoms with Crippen LogP contribution in [0, 0.1) is 0 Å². The number of benzene rings is 1. The predicted octanol–water partition coefficient (Wildman–Crippen LogP) is 4.91. The molecule has 1 aliphatic rings. The van der Waals surface area contributed by atoms with E-state index in [9.17, 15) is 0 Å². The first kappa shape index (κ1) is 11.3. The molecule has 82 valence electrons. The van der Waals surface area contributed by atoms with Crippen LogP contribution in [-0.4, -0.2) is 5.25 Å². The van der Waals surface area contributed by atoms with E-state index in [1.165, 1.54) is 37.7 Å². The standard InChI is InChI=1S/C13H17ClS/c14-12-6-4-5-11(9-12)10-15-13-7-2-1-3-8-13/h4-6,9,13H,1-3,7-8,10H2. The van der Waals surface area contributed by atoms with E-state index in [1.807, 2.05) is 12.1 Å². The van der Waals surface area contributed by atoms with Crippen LogP contribution in [0.4, 0.5) is 0 Å². The molecule has 1 aromatic rings. The fraction of sp³-hybridized carbons (Fsp3) is 0.538. The lowest BCUT2D eigenvalue weighted by Crippen LogP contribution is -2.08. The Kier molecular flexibility index (Phi) is 4.40. The molecule has 1 aromatic carbocycles. The summed E-state index contributed by atoms with van der Waals surface area (Å²) in [6.45, 7) is 0. The Labute approximate surface area is 101 Å². The van der Waals surface area contributed by atoms with Crippen molar-refractivity contribution in [3.05, 3.63) is 34.9 Å². The van der Waals surface area contributed by atoms with Gasteiger partial charge in [0, 0.05) is 16.0 Å². The molecule has 0 atom stereocenters. The van der Waals surface area contributed by atoms with Gasteiger partial charge in [-0.15, -0.1) is 0 Å². The van der Waals surface area contributed by atoms with Crippen molar-refractivity contribution >= 4 is 23.4 Å². The van der Waals surface area contributed by atoms with E-state index in [0.717, 1.165) is 16.0 Å². The summed E-state index contributed by atoms with van der Waals surface area (Å²) in [6.07, 6.45) is 7.10. The summed E-state index contributed by atoms with van der Waals surface area (Å²) in [4.78, 5) is 0. The number of halogens is 1. The highest BCUT2D eigenvalue weighted by Gasteiger charge is 2.13. The number of rotatable bonds is 3. The molecule has 0 bridgehead atoms. The molecule has 0 aliphatic heterocycles. The van der Waals surface area contributed by atoms with Gasteiger partial charge in [0.15, 0.2) is 0 Å². The minimum Gasteiger partial charge on any atom is -0.154 e. The van der Waals surface area contributed by atoms with Crippen molar-refractivity contribution < 1.29 is 0 Å². The van der Waals surface area contributed by atoms with Crippen LogP contribution < -0.4 is 0 Å². The topological polar surface area (TPSA) is 0 Å². The Morgan fingerprint density at radius 3 is 2.73 bits per heavy atom. The van der Waals surface area contributed by atoms with Crippen LogP contribution >= 0.6 is 23.4 Å². The van der Waals surface area contributed by atoms with Crippen LogP contribution in [0.2, 0.25) is 5.02 Å². The highest BCUT2D eigenvalue weighted by Crippen LogP contribution is 2.30. The SMILES string of the molecule is Clc1cccc(CSC2CCCCC2)c1. The highest BCUT2D eigenvalue weighted by atomic mass is 35.5. The first-order valence-electron chi connectivity index (χ1n) is 5.70. The normalized spacial score (nSPS) is 17.9. The smallest absolute Gasteiger partial charge is 0.0409 e. The van der Waals surface area contributed by atoms with Gasteiger partial charge < -0.3 is 0 Å². The largest absolute Gasteiger partial charge is 0.154 e. The van der Waals surface area contributed by atoms with Crippen molar-refractivity contribution in [2.45, 2.75) is 43.1 Å². The summed E-state index contributed by atoms with van der Waals surface area (Å²) >= 11 is 8.06. The minimum atomic E-state index is 0.858. The molecule has 0 heterocycles. The molecule has 0 amide bonds. The van der Waals surface area contributed by atoms with Gasteiger partial charge in [-0.25, -0.2) is 0 Å². The fourth-order valence-corrected chi connectivity index (χ4v) is 3.56. The van der Waals surface area contributed by atoms with Gasteiger partial charge in [-0.3, -0.25) is 0 Å². The minimum absolute atomic E-state index is 0.858. The molecule has 0 nitrogen and oxygen atoms in total. The first-order chi connectivity index (χ1) is 7.34. The van der Waals surface area contributed by atoms with E-state index in [0.29, 0.717) is 0 Å². The molecule has 1 aliphatic carbocycles. The maximum atomic E-state index is 5.96. The molecule has 1 saturated carbocycles. The van der Waals surface area contributed by atoms with Crippen LogP contribution in [0.3, 0.4) is 0 Å². The van der Waals surface area contributed by atoms with Crippen LogP contribution in [0.25, 0.3) is 0 Å². The van der Waals surface area contributed by atoms with Crippen molar-refractivity contribution in [3.63, 3.8) is 0 Å². The Hall–Kier alpha value is -0.140. The molecule has 0 spiro atoms. The number of thioether (sulfide) groups is 1. The van der Waals surface area contributed by atoms with Crippen molar-refractivity contribution in [3.8, 4) is 0 Å². The average Bonchev–Trinajstić information content (AvgIpc) is 2.28. The fourth-order valence-electron chi connectivity index (χ4n) is 2.07. The molecule has 0 aromatic heterocycles. The molecule has 0 saturated heterocycles. The van der Waals surface area contributed by atoms with Crippen LogP contribution in [-0.2, 0) is 5.75 Å². The average molecular weight is 241 g/mol. The summed E-state index contributed by atoms with van der Waals surface area (Å²) in [7, 11) is 0. The molecule has 1 fully saturated rings. The molecule has 0 radical (unpaired) electrons. The number of hydrogen-bond acceptors (Lipinski definition) is 1. The van der Waals surface area contributed by atoms with E-state index in [4.69, 9.17) is 11.6 Å². The zero-order valence-electron chi connectivity index (χ0n) is 8.92. The molecular weight excluding hydrogens is 224 g/mol. The van der Waals surface area contributed by atoms with E-state index in [2.05, 4.69) is 23.9 Å². The lowest BCUT2D eigenvalue weighted by molar-refractivity contribution is 0.516. The molecular formula is C13H17ClS. The maximum Gasteiger partial charge on any atom is 0.0409 e. The van der Waals surface area contributed by atoms with Crippen molar-refractivity contribution in [1.29, 1.82) is 0 Å². The Bertz CT molecular complexity index is 305. The molecule has 0 unspecified atom stereocenters. The second-order valence-electron chi connectivity index (χ2n) is 4.20. The van der Waals surface area contributed by atoms with Gasteiger partial charge in [0.1, 0.15) is 0 Å². The predicted molar refractivity (Wildman–Crippen MR) is 69.6 cm³/mol. The van der Waals surface area contributed by atoms with Gasteiger partial charge in [-0.2, -0.15) is 11.8 Å². The summed E-state index contributed by atoms with van der Waals surface area (Å²) < 4.78 is 0. The maximum absolute atomic E-state index is 5.96. The second kappa shape index (κ2) is 5.81. The quantitative estimate of drug-likeness (QED) is 0.724. The molecule has 0 N–H and O–H groups in total. The van der Waals surface area contributed by atoms with E-state index in [1.54, 1.807) is 0 Å². The summed E-state index contributed by atoms with van der Waals surface area (Å²) in [5.74, 6) is 1.12. The monoisotopic (exact) mass is 240 g/mol. The van der Waals surface area contributed by atoms with Crippen molar-refractivity contribution in [2.75, 3.05) is 0 Å². The van der Waals surface area contributed by atoms with E-state index in [-0.39, 0.29) is 0 Å². The van der Waals surface area contributed by atoms with E-state index < -0.39 is 0 Å². The number of hydrogen-bond donors (Lipinski definition) is 0. The zero-order chi connectivity index (χ0) is 10.5. The summed E-state index contributed by atoms with van der Waals surface area (Å²) in [5, 5.41) is 1.74. The van der Waals surface area contributed by atoms with Crippen LogP contribution in [0.15, 0.2) is 24.3 Å². The van der Waals surface area contributed by atoms with Crippen molar-refractivity contribution in [1.82, 2.24) is 0 Å². The second-order valence-corrected chi connectivity index (χ2v) is 5.93. The first-order valence-corrected chi connectivity index (χ1v) is 7.13. The third kappa shape index (κ3) is 3.73. The zero-order valence-corrected chi connectivity index (χ0v) is 10.5. The molecule has 15 heavy (non-hydrogen) atoms. The summed E-state index contributed by atoms with van der Waals surface area (Å²) in [5.41, 5.74) is 1.36. The van der Waals surface area contributed by atoms with Gasteiger partial charge in [0.2, 0.25) is 0 Å². The van der Waals surface area contributed by atoms with E-state index >= 15 is 0 Å². The summed E-state index contributed by atoms with van der Waals surface area (Å²) in [6, 6.07) is 8.23. The van der Waals surface area contributed by atoms with Crippen molar-refractivity contribution in [2.24, 2.45) is 0 Å². The Morgan fingerprint density at radius 2 is 2.00 bits per heavy atom. The van der Waals surface area contributed by atoms with Gasteiger partial charge in [0.25, 0.3) is 0 Å². The Balaban J connectivity index is 1.81. The van der Waals surface area contributed by atoms with Gasteiger partial charge in [0.05, 0.1) is 0 Å². The van der Waals surface area contributed by atoms with Gasteiger partial charge in [-0.1, -0.05) is 43.0 Å². The highest BCUT2D eigenvalue weighted by molar-refractivity contribution is 7.99. The molecule has 2 heteroatoms. The molecule has 2 rings (SSSR count). The lowest BCUT2D eigenvalue weighted by atomic mass is 10.0. The van der Waals surface area contributed by atoms with Crippen LogP contribution in [0.5, 0.6) is 0 Å². The van der Waals surface area contributed by atoms with Gasteiger partial charge >= 0.3 is 0 Å². The third-order valence-electron chi connectivity index (χ3n) is 2.93.